The molecule has 6 heteroatoms. The molecule has 30 heavy (non-hydrogen) atoms. The average Bonchev–Trinajstić information content (AvgIpc) is 3.20. The first-order valence-corrected chi connectivity index (χ1v) is 11.0. The normalized spacial score (nSPS) is 17.5. The lowest BCUT2D eigenvalue weighted by Gasteiger charge is -2.35. The van der Waals surface area contributed by atoms with Crippen molar-refractivity contribution in [3.05, 3.63) is 47.2 Å². The molecule has 2 aromatic rings. The summed E-state index contributed by atoms with van der Waals surface area (Å²) in [6.45, 7) is 11.7. The number of aryl methyl sites for hydroxylation is 2. The van der Waals surface area contributed by atoms with E-state index in [1.54, 1.807) is 6.20 Å². The summed E-state index contributed by atoms with van der Waals surface area (Å²) in [5.74, 6) is 0.979. The van der Waals surface area contributed by atoms with Crippen LogP contribution in [0.5, 0.6) is 0 Å². The number of hydrogen-bond donors (Lipinski definition) is 1. The zero-order chi connectivity index (χ0) is 21.8. The Kier molecular flexibility index (Phi) is 7.08. The quantitative estimate of drug-likeness (QED) is 0.687. The third-order valence-corrected chi connectivity index (χ3v) is 6.40. The minimum absolute atomic E-state index is 0.0285. The van der Waals surface area contributed by atoms with E-state index in [-0.39, 0.29) is 29.7 Å². The molecule has 0 spiro atoms. The van der Waals surface area contributed by atoms with E-state index in [0.29, 0.717) is 0 Å². The molecule has 0 unspecified atom stereocenters. The van der Waals surface area contributed by atoms with Crippen molar-refractivity contribution in [2.24, 2.45) is 5.92 Å². The van der Waals surface area contributed by atoms with Crippen molar-refractivity contribution in [2.45, 2.75) is 66.0 Å². The van der Waals surface area contributed by atoms with Gasteiger partial charge in [0.15, 0.2) is 5.78 Å². The molecule has 162 valence electrons. The molecule has 3 rings (SSSR count). The molecule has 2 atom stereocenters. The molecular weight excluding hydrogens is 376 g/mol. The number of rotatable bonds is 7. The van der Waals surface area contributed by atoms with E-state index < -0.39 is 0 Å². The predicted octanol–water partition coefficient (Wildman–Crippen LogP) is 4.39. The topological polar surface area (TPSA) is 67.2 Å². The first kappa shape index (κ1) is 22.2. The Labute approximate surface area is 179 Å². The van der Waals surface area contributed by atoms with E-state index in [1.807, 2.05) is 43.7 Å². The van der Waals surface area contributed by atoms with Gasteiger partial charge in [-0.2, -0.15) is 5.10 Å². The van der Waals surface area contributed by atoms with Gasteiger partial charge >= 0.3 is 0 Å². The van der Waals surface area contributed by atoms with Crippen LogP contribution in [0.15, 0.2) is 30.5 Å². The maximum atomic E-state index is 13.0. The molecule has 1 amide bonds. The number of carbonyl (C=O) groups is 2. The Hall–Kier alpha value is -2.47. The van der Waals surface area contributed by atoms with Crippen LogP contribution in [0.3, 0.4) is 0 Å². The summed E-state index contributed by atoms with van der Waals surface area (Å²) in [7, 11) is 0. The monoisotopic (exact) mass is 410 g/mol. The predicted molar refractivity (Wildman–Crippen MR) is 120 cm³/mol. The lowest BCUT2D eigenvalue weighted by molar-refractivity contribution is -0.121. The highest BCUT2D eigenvalue weighted by molar-refractivity contribution is 5.99. The second kappa shape index (κ2) is 9.56. The van der Waals surface area contributed by atoms with Crippen LogP contribution in [0.4, 0.5) is 5.82 Å². The van der Waals surface area contributed by atoms with E-state index in [1.165, 1.54) is 5.56 Å². The van der Waals surface area contributed by atoms with Gasteiger partial charge in [0.2, 0.25) is 5.91 Å². The number of benzene rings is 1. The van der Waals surface area contributed by atoms with Gasteiger partial charge < -0.3 is 5.32 Å². The van der Waals surface area contributed by atoms with Crippen LogP contribution in [-0.4, -0.2) is 45.5 Å². The Morgan fingerprint density at radius 1 is 1.17 bits per heavy atom. The third-order valence-electron chi connectivity index (χ3n) is 6.40. The van der Waals surface area contributed by atoms with Crippen LogP contribution < -0.4 is 5.32 Å². The molecule has 1 N–H and O–H groups in total. The molecule has 0 radical (unpaired) electrons. The van der Waals surface area contributed by atoms with Gasteiger partial charge in [0.1, 0.15) is 5.82 Å². The van der Waals surface area contributed by atoms with Crippen molar-refractivity contribution >= 4 is 17.5 Å². The average molecular weight is 411 g/mol. The van der Waals surface area contributed by atoms with Crippen LogP contribution in [0.2, 0.25) is 0 Å². The van der Waals surface area contributed by atoms with E-state index in [9.17, 15) is 9.59 Å². The summed E-state index contributed by atoms with van der Waals surface area (Å²) >= 11 is 0. The fraction of sp³-hybridized carbons (Fsp3) is 0.542. The molecule has 2 heterocycles. The number of likely N-dealkylation sites (tertiary alicyclic amines) is 1. The number of Topliss-reactive ketones (excluding diaryl/α,β-unsaturated/α-hetero) is 1. The zero-order valence-corrected chi connectivity index (χ0v) is 18.8. The number of aromatic nitrogens is 2. The Morgan fingerprint density at radius 3 is 2.50 bits per heavy atom. The smallest absolute Gasteiger partial charge is 0.242 e. The molecule has 1 fully saturated rings. The first-order valence-electron chi connectivity index (χ1n) is 11.0. The number of carbonyl (C=O) groups excluding carboxylic acids is 2. The molecule has 1 aromatic carbocycles. The number of hydrogen-bond acceptors (Lipinski definition) is 4. The van der Waals surface area contributed by atoms with Gasteiger partial charge in [0.25, 0.3) is 0 Å². The van der Waals surface area contributed by atoms with Gasteiger partial charge in [-0.3, -0.25) is 14.5 Å². The van der Waals surface area contributed by atoms with Crippen molar-refractivity contribution in [1.82, 2.24) is 14.7 Å². The van der Waals surface area contributed by atoms with E-state index in [0.717, 1.165) is 49.3 Å². The summed E-state index contributed by atoms with van der Waals surface area (Å²) in [5.41, 5.74) is 3.06. The Morgan fingerprint density at radius 2 is 1.87 bits per heavy atom. The Balaban J connectivity index is 1.57. The summed E-state index contributed by atoms with van der Waals surface area (Å²) in [6, 6.07) is 7.85. The van der Waals surface area contributed by atoms with Crippen molar-refractivity contribution in [1.29, 1.82) is 0 Å². The third kappa shape index (κ3) is 4.81. The van der Waals surface area contributed by atoms with Crippen molar-refractivity contribution in [3.8, 4) is 0 Å². The highest BCUT2D eigenvalue weighted by Crippen LogP contribution is 2.25. The second-order valence-corrected chi connectivity index (χ2v) is 8.58. The van der Waals surface area contributed by atoms with Crippen LogP contribution in [-0.2, 0) is 4.79 Å². The molecule has 6 nitrogen and oxygen atoms in total. The standard InChI is InChI=1S/C24H34N4O2/c1-6-18(4)28-22(9-12-25-28)26-24(30)19(5)27-13-10-20(11-14-27)23(29)21-8-7-16(2)15-17(21)3/h7-9,12,15,18-20H,6,10-11,13-14H2,1-5H3,(H,26,30)/t18-,19-/m1/s1. The van der Waals surface area contributed by atoms with Gasteiger partial charge in [-0.15, -0.1) is 0 Å². The highest BCUT2D eigenvalue weighted by atomic mass is 16.2. The molecule has 1 aliphatic heterocycles. The molecular formula is C24H34N4O2. The maximum Gasteiger partial charge on any atom is 0.242 e. The largest absolute Gasteiger partial charge is 0.310 e. The minimum atomic E-state index is -0.248. The van der Waals surface area contributed by atoms with Gasteiger partial charge in [0, 0.05) is 17.5 Å². The van der Waals surface area contributed by atoms with E-state index in [2.05, 4.69) is 35.2 Å². The highest BCUT2D eigenvalue weighted by Gasteiger charge is 2.31. The van der Waals surface area contributed by atoms with Crippen LogP contribution >= 0.6 is 0 Å². The summed E-state index contributed by atoms with van der Waals surface area (Å²) in [4.78, 5) is 28.0. The number of piperidine rings is 1. The van der Waals surface area contributed by atoms with Crippen molar-refractivity contribution < 1.29 is 9.59 Å². The molecule has 0 bridgehead atoms. The fourth-order valence-electron chi connectivity index (χ4n) is 4.19. The summed E-state index contributed by atoms with van der Waals surface area (Å²) < 4.78 is 1.86. The number of anilines is 1. The zero-order valence-electron chi connectivity index (χ0n) is 18.8. The molecule has 1 saturated heterocycles. The van der Waals surface area contributed by atoms with Gasteiger partial charge in [0.05, 0.1) is 18.3 Å². The van der Waals surface area contributed by atoms with Crippen LogP contribution in [0.25, 0.3) is 0 Å². The van der Waals surface area contributed by atoms with Gasteiger partial charge in [-0.05, 0) is 65.6 Å². The van der Waals surface area contributed by atoms with E-state index >= 15 is 0 Å². The lowest BCUT2D eigenvalue weighted by Crippen LogP contribution is -2.47. The lowest BCUT2D eigenvalue weighted by atomic mass is 9.86. The maximum absolute atomic E-state index is 13.0. The number of nitrogens with zero attached hydrogens (tertiary/aromatic N) is 3. The van der Waals surface area contributed by atoms with Gasteiger partial charge in [-0.25, -0.2) is 4.68 Å². The van der Waals surface area contributed by atoms with Crippen LogP contribution in [0.1, 0.15) is 67.6 Å². The van der Waals surface area contributed by atoms with Crippen LogP contribution in [0, 0.1) is 19.8 Å². The Bertz CT molecular complexity index is 896. The fourth-order valence-corrected chi connectivity index (χ4v) is 4.19. The van der Waals surface area contributed by atoms with E-state index in [4.69, 9.17) is 0 Å². The minimum Gasteiger partial charge on any atom is -0.310 e. The SMILES string of the molecule is CC[C@@H](C)n1nccc1NC(=O)[C@@H](C)N1CCC(C(=O)c2ccc(C)cc2C)CC1. The number of ketones is 1. The van der Waals surface area contributed by atoms with Crippen molar-refractivity contribution in [3.63, 3.8) is 0 Å². The molecule has 0 saturated carbocycles. The number of amides is 1. The number of nitrogens with one attached hydrogen (secondary N) is 1. The molecule has 1 aliphatic rings. The summed E-state index contributed by atoms with van der Waals surface area (Å²) in [6.07, 6.45) is 4.24. The van der Waals surface area contributed by atoms with Crippen molar-refractivity contribution in [2.75, 3.05) is 18.4 Å². The molecule has 0 aliphatic carbocycles. The first-order chi connectivity index (χ1) is 14.3. The van der Waals surface area contributed by atoms with Gasteiger partial charge in [-0.1, -0.05) is 30.7 Å². The summed E-state index contributed by atoms with van der Waals surface area (Å²) in [5, 5.41) is 7.36. The molecule has 1 aromatic heterocycles. The second-order valence-electron chi connectivity index (χ2n) is 8.58.